The Hall–Kier alpha value is -2.59. The Bertz CT molecular complexity index is 830. The molecule has 0 spiro atoms. The van der Waals surface area contributed by atoms with Crippen LogP contribution in [0.25, 0.3) is 0 Å². The molecular formula is C16H17N5O3S2. The van der Waals surface area contributed by atoms with Crippen molar-refractivity contribution in [1.29, 1.82) is 0 Å². The number of carbonyl (C=O) groups excluding carboxylic acids is 2. The molecule has 3 amide bonds. The third-order valence-electron chi connectivity index (χ3n) is 3.35. The van der Waals surface area contributed by atoms with Crippen molar-refractivity contribution in [3.63, 3.8) is 0 Å². The monoisotopic (exact) mass is 391 g/mol. The fraction of sp³-hybridized carbons (Fsp3) is 0.250. The Morgan fingerprint density at radius 1 is 1.31 bits per heavy atom. The molecule has 0 radical (unpaired) electrons. The highest BCUT2D eigenvalue weighted by atomic mass is 32.2. The van der Waals surface area contributed by atoms with Crippen LogP contribution in [-0.4, -0.2) is 32.5 Å². The van der Waals surface area contributed by atoms with Gasteiger partial charge in [0.15, 0.2) is 5.16 Å². The van der Waals surface area contributed by atoms with Crippen molar-refractivity contribution in [3.05, 3.63) is 52.9 Å². The van der Waals surface area contributed by atoms with E-state index in [0.29, 0.717) is 10.9 Å². The summed E-state index contributed by atoms with van der Waals surface area (Å²) in [6.45, 7) is 0.956. The molecule has 0 fully saturated rings. The first-order valence-corrected chi connectivity index (χ1v) is 9.70. The summed E-state index contributed by atoms with van der Waals surface area (Å²) in [4.78, 5) is 24.9. The van der Waals surface area contributed by atoms with Gasteiger partial charge in [-0.25, -0.2) is 4.79 Å². The van der Waals surface area contributed by atoms with Gasteiger partial charge in [-0.15, -0.1) is 21.5 Å². The number of nitrogens with zero attached hydrogens (tertiary/aromatic N) is 3. The summed E-state index contributed by atoms with van der Waals surface area (Å²) in [5, 5.41) is 15.4. The van der Waals surface area contributed by atoms with Crippen LogP contribution in [0.4, 0.5) is 4.79 Å². The molecule has 0 saturated carbocycles. The Kier molecular flexibility index (Phi) is 6.45. The minimum absolute atomic E-state index is 0.0753. The minimum Gasteiger partial charge on any atom is -0.467 e. The van der Waals surface area contributed by atoms with Crippen molar-refractivity contribution < 1.29 is 14.0 Å². The average molecular weight is 391 g/mol. The first-order valence-electron chi connectivity index (χ1n) is 7.84. The highest BCUT2D eigenvalue weighted by Crippen LogP contribution is 2.16. The highest BCUT2D eigenvalue weighted by Gasteiger charge is 2.12. The number of aromatic nitrogens is 3. The predicted molar refractivity (Wildman–Crippen MR) is 97.9 cm³/mol. The molecule has 0 aromatic carbocycles. The van der Waals surface area contributed by atoms with E-state index in [1.807, 2.05) is 16.0 Å². The average Bonchev–Trinajstić information content (AvgIpc) is 3.39. The molecular weight excluding hydrogens is 374 g/mol. The molecule has 3 heterocycles. The molecule has 3 aromatic heterocycles. The van der Waals surface area contributed by atoms with Gasteiger partial charge in [0.05, 0.1) is 18.6 Å². The van der Waals surface area contributed by atoms with Gasteiger partial charge in [-0.05, 0) is 30.0 Å². The third-order valence-corrected chi connectivity index (χ3v) is 5.26. The maximum atomic E-state index is 11.9. The lowest BCUT2D eigenvalue weighted by atomic mass is 10.3. The lowest BCUT2D eigenvalue weighted by Gasteiger charge is -2.06. The Morgan fingerprint density at radius 3 is 3.00 bits per heavy atom. The van der Waals surface area contributed by atoms with E-state index >= 15 is 0 Å². The lowest BCUT2D eigenvalue weighted by Crippen LogP contribution is -2.39. The first-order chi connectivity index (χ1) is 12.7. The summed E-state index contributed by atoms with van der Waals surface area (Å²) < 4.78 is 7.00. The van der Waals surface area contributed by atoms with Gasteiger partial charge >= 0.3 is 6.03 Å². The van der Waals surface area contributed by atoms with Gasteiger partial charge in [-0.3, -0.25) is 10.1 Å². The molecule has 0 aliphatic carbocycles. The summed E-state index contributed by atoms with van der Waals surface area (Å²) in [6, 6.07) is 7.00. The SMILES string of the molecule is O=C(CSc1nncn1CCc1cccs1)NC(=O)NCc1ccco1. The minimum atomic E-state index is -0.564. The van der Waals surface area contributed by atoms with Gasteiger partial charge in [0.1, 0.15) is 12.1 Å². The lowest BCUT2D eigenvalue weighted by molar-refractivity contribution is -0.117. The molecule has 0 aliphatic heterocycles. The number of thioether (sulfide) groups is 1. The largest absolute Gasteiger partial charge is 0.467 e. The van der Waals surface area contributed by atoms with E-state index in [9.17, 15) is 9.59 Å². The molecule has 26 heavy (non-hydrogen) atoms. The fourth-order valence-corrected chi connectivity index (χ4v) is 3.55. The number of hydrogen-bond acceptors (Lipinski definition) is 7. The highest BCUT2D eigenvalue weighted by molar-refractivity contribution is 7.99. The molecule has 3 aromatic rings. The van der Waals surface area contributed by atoms with Crippen LogP contribution in [-0.2, 0) is 24.3 Å². The zero-order valence-electron chi connectivity index (χ0n) is 13.8. The van der Waals surface area contributed by atoms with Crippen molar-refractivity contribution >= 4 is 35.0 Å². The van der Waals surface area contributed by atoms with Gasteiger partial charge in [-0.1, -0.05) is 17.8 Å². The fourth-order valence-electron chi connectivity index (χ4n) is 2.11. The second-order valence-electron chi connectivity index (χ2n) is 5.24. The third kappa shape index (κ3) is 5.46. The van der Waals surface area contributed by atoms with Crippen LogP contribution in [0, 0.1) is 0 Å². The van der Waals surface area contributed by atoms with Crippen molar-refractivity contribution in [2.45, 2.75) is 24.7 Å². The molecule has 0 atom stereocenters. The van der Waals surface area contributed by atoms with Crippen molar-refractivity contribution in [1.82, 2.24) is 25.4 Å². The van der Waals surface area contributed by atoms with Gasteiger partial charge < -0.3 is 14.3 Å². The molecule has 8 nitrogen and oxygen atoms in total. The van der Waals surface area contributed by atoms with Crippen LogP contribution < -0.4 is 10.6 Å². The topological polar surface area (TPSA) is 102 Å². The van der Waals surface area contributed by atoms with E-state index in [2.05, 4.69) is 26.9 Å². The molecule has 3 rings (SSSR count). The van der Waals surface area contributed by atoms with Crippen molar-refractivity contribution in [2.24, 2.45) is 0 Å². The normalized spacial score (nSPS) is 10.6. The Morgan fingerprint density at radius 2 is 2.23 bits per heavy atom. The van der Waals surface area contributed by atoms with Gasteiger partial charge in [0, 0.05) is 11.4 Å². The number of furan rings is 1. The van der Waals surface area contributed by atoms with Crippen LogP contribution in [0.2, 0.25) is 0 Å². The van der Waals surface area contributed by atoms with Crippen LogP contribution >= 0.6 is 23.1 Å². The number of aryl methyl sites for hydroxylation is 2. The summed E-state index contributed by atoms with van der Waals surface area (Å²) in [7, 11) is 0. The van der Waals surface area contributed by atoms with Crippen LogP contribution in [0.15, 0.2) is 51.8 Å². The van der Waals surface area contributed by atoms with E-state index < -0.39 is 11.9 Å². The number of nitrogens with one attached hydrogen (secondary N) is 2. The zero-order valence-corrected chi connectivity index (χ0v) is 15.4. The number of hydrogen-bond donors (Lipinski definition) is 2. The molecule has 2 N–H and O–H groups in total. The first kappa shape index (κ1) is 18.2. The quantitative estimate of drug-likeness (QED) is 0.571. The summed E-state index contributed by atoms with van der Waals surface area (Å²) in [5.41, 5.74) is 0. The number of urea groups is 1. The van der Waals surface area contributed by atoms with E-state index in [0.717, 1.165) is 13.0 Å². The summed E-state index contributed by atoms with van der Waals surface area (Å²) in [6.07, 6.45) is 4.04. The van der Waals surface area contributed by atoms with E-state index in [1.165, 1.54) is 22.9 Å². The van der Waals surface area contributed by atoms with Gasteiger partial charge in [-0.2, -0.15) is 0 Å². The maximum absolute atomic E-state index is 11.9. The predicted octanol–water partition coefficient (Wildman–Crippen LogP) is 2.29. The Balaban J connectivity index is 1.40. The van der Waals surface area contributed by atoms with Crippen LogP contribution in [0.5, 0.6) is 0 Å². The molecule has 0 saturated heterocycles. The number of thiophene rings is 1. The van der Waals surface area contributed by atoms with Crippen LogP contribution in [0.1, 0.15) is 10.6 Å². The maximum Gasteiger partial charge on any atom is 0.321 e. The molecule has 0 unspecified atom stereocenters. The second kappa shape index (κ2) is 9.20. The number of imide groups is 1. The van der Waals surface area contributed by atoms with Crippen LogP contribution in [0.3, 0.4) is 0 Å². The van der Waals surface area contributed by atoms with E-state index in [-0.39, 0.29) is 12.3 Å². The van der Waals surface area contributed by atoms with E-state index in [1.54, 1.807) is 29.8 Å². The number of rotatable bonds is 8. The second-order valence-corrected chi connectivity index (χ2v) is 7.21. The van der Waals surface area contributed by atoms with Gasteiger partial charge in [0.25, 0.3) is 0 Å². The number of amides is 3. The van der Waals surface area contributed by atoms with E-state index in [4.69, 9.17) is 4.42 Å². The molecule has 0 bridgehead atoms. The molecule has 0 aliphatic rings. The summed E-state index contributed by atoms with van der Waals surface area (Å²) in [5.74, 6) is 0.284. The smallest absolute Gasteiger partial charge is 0.321 e. The summed E-state index contributed by atoms with van der Waals surface area (Å²) >= 11 is 2.94. The molecule has 10 heteroatoms. The number of carbonyl (C=O) groups is 2. The zero-order chi connectivity index (χ0) is 18.2. The Labute approximate surface area is 158 Å². The van der Waals surface area contributed by atoms with Gasteiger partial charge in [0.2, 0.25) is 5.91 Å². The van der Waals surface area contributed by atoms with Crippen molar-refractivity contribution in [3.8, 4) is 0 Å². The molecule has 136 valence electrons. The standard InChI is InChI=1S/C16H17N5O3S2/c22-14(19-15(23)17-9-12-3-1-7-24-12)10-26-16-20-18-11-21(16)6-5-13-4-2-8-25-13/h1-4,7-8,11H,5-6,9-10H2,(H2,17,19,22,23). The van der Waals surface area contributed by atoms with Crippen molar-refractivity contribution in [2.75, 3.05) is 5.75 Å².